The van der Waals surface area contributed by atoms with Gasteiger partial charge in [-0.3, -0.25) is 4.79 Å². The summed E-state index contributed by atoms with van der Waals surface area (Å²) >= 11 is 6.03. The van der Waals surface area contributed by atoms with Crippen molar-refractivity contribution in [3.63, 3.8) is 0 Å². The second-order valence-corrected chi connectivity index (χ2v) is 6.80. The van der Waals surface area contributed by atoms with Gasteiger partial charge in [0, 0.05) is 18.0 Å². The number of benzene rings is 2. The van der Waals surface area contributed by atoms with Crippen LogP contribution >= 0.6 is 24.0 Å². The molecule has 140 valence electrons. The largest absolute Gasteiger partial charge is 0.496 e. The summed E-state index contributed by atoms with van der Waals surface area (Å²) in [6.07, 6.45) is 3.00. The van der Waals surface area contributed by atoms with Crippen molar-refractivity contribution in [1.82, 2.24) is 5.32 Å². The fourth-order valence-electron chi connectivity index (χ4n) is 3.23. The Morgan fingerprint density at radius 2 is 1.96 bits per heavy atom. The molecule has 3 N–H and O–H groups in total. The molecule has 0 aliphatic heterocycles. The number of nitrogen functional groups attached to an aromatic ring is 1. The van der Waals surface area contributed by atoms with Crippen LogP contribution in [0, 0.1) is 5.82 Å². The lowest BCUT2D eigenvalue weighted by atomic mass is 9.64. The zero-order valence-corrected chi connectivity index (χ0v) is 15.9. The van der Waals surface area contributed by atoms with Gasteiger partial charge < -0.3 is 15.8 Å². The number of anilines is 1. The molecule has 0 bridgehead atoms. The topological polar surface area (TPSA) is 64.3 Å². The molecule has 26 heavy (non-hydrogen) atoms. The third-order valence-electron chi connectivity index (χ3n) is 4.92. The molecule has 1 amide bonds. The Morgan fingerprint density at radius 3 is 2.50 bits per heavy atom. The summed E-state index contributed by atoms with van der Waals surface area (Å²) in [6, 6.07) is 9.55. The minimum Gasteiger partial charge on any atom is -0.496 e. The Kier molecular flexibility index (Phi) is 6.37. The van der Waals surface area contributed by atoms with Crippen LogP contribution in [0.25, 0.3) is 0 Å². The Morgan fingerprint density at radius 1 is 1.31 bits per heavy atom. The smallest absolute Gasteiger partial charge is 0.255 e. The molecule has 1 aliphatic carbocycles. The van der Waals surface area contributed by atoms with Crippen LogP contribution in [0.1, 0.15) is 35.2 Å². The molecule has 0 radical (unpaired) electrons. The molecular weight excluding hydrogens is 378 g/mol. The van der Waals surface area contributed by atoms with Crippen molar-refractivity contribution in [2.24, 2.45) is 0 Å². The van der Waals surface area contributed by atoms with Crippen molar-refractivity contribution in [3.05, 3.63) is 58.4 Å². The fourth-order valence-corrected chi connectivity index (χ4v) is 3.40. The quantitative estimate of drug-likeness (QED) is 0.735. The highest BCUT2D eigenvalue weighted by Crippen LogP contribution is 2.43. The lowest BCUT2D eigenvalue weighted by Gasteiger charge is -2.42. The van der Waals surface area contributed by atoms with E-state index in [1.54, 1.807) is 12.1 Å². The number of methoxy groups -OCH3 is 1. The number of carbonyl (C=O) groups excluding carboxylic acids is 1. The number of nitrogens with two attached hydrogens (primary N) is 1. The zero-order chi connectivity index (χ0) is 18.0. The first-order valence-electron chi connectivity index (χ1n) is 8.12. The predicted molar refractivity (Wildman–Crippen MR) is 104 cm³/mol. The highest BCUT2D eigenvalue weighted by molar-refractivity contribution is 6.33. The number of rotatable bonds is 5. The van der Waals surface area contributed by atoms with Crippen LogP contribution in [-0.4, -0.2) is 19.6 Å². The van der Waals surface area contributed by atoms with Gasteiger partial charge in [0.25, 0.3) is 5.91 Å². The van der Waals surface area contributed by atoms with E-state index in [0.717, 1.165) is 24.8 Å². The van der Waals surface area contributed by atoms with E-state index in [2.05, 4.69) is 5.32 Å². The van der Waals surface area contributed by atoms with E-state index in [1.165, 1.54) is 31.4 Å². The highest BCUT2D eigenvalue weighted by Gasteiger charge is 2.39. The maximum atomic E-state index is 13.2. The van der Waals surface area contributed by atoms with Crippen molar-refractivity contribution in [2.75, 3.05) is 19.4 Å². The van der Waals surface area contributed by atoms with E-state index in [4.69, 9.17) is 22.1 Å². The predicted octanol–water partition coefficient (Wildman–Crippen LogP) is 4.34. The minimum absolute atomic E-state index is 0. The number of hydrogen-bond acceptors (Lipinski definition) is 3. The number of halogens is 3. The summed E-state index contributed by atoms with van der Waals surface area (Å²) in [7, 11) is 1.48. The molecule has 1 fully saturated rings. The van der Waals surface area contributed by atoms with Gasteiger partial charge in [0.1, 0.15) is 11.6 Å². The Labute approximate surface area is 163 Å². The number of nitrogens with one attached hydrogen (secondary N) is 1. The van der Waals surface area contributed by atoms with Crippen LogP contribution < -0.4 is 15.8 Å². The lowest BCUT2D eigenvalue weighted by molar-refractivity contribution is 0.0925. The van der Waals surface area contributed by atoms with Crippen LogP contribution in [0.4, 0.5) is 10.1 Å². The van der Waals surface area contributed by atoms with Crippen molar-refractivity contribution >= 4 is 35.6 Å². The van der Waals surface area contributed by atoms with E-state index in [9.17, 15) is 9.18 Å². The summed E-state index contributed by atoms with van der Waals surface area (Å²) in [6.45, 7) is 0.475. The summed E-state index contributed by atoms with van der Waals surface area (Å²) in [5.41, 5.74) is 7.35. The molecule has 1 aliphatic rings. The third-order valence-corrected chi connectivity index (χ3v) is 5.25. The zero-order valence-electron chi connectivity index (χ0n) is 14.4. The Hall–Kier alpha value is -1.98. The van der Waals surface area contributed by atoms with Gasteiger partial charge in [0.2, 0.25) is 0 Å². The standard InChI is InChI=1S/C19H20ClFN2O2.ClH/c1-25-17-10-16(22)15(20)9-14(17)18(24)23-11-19(7-2-8-19)12-3-5-13(21)6-4-12;/h3-6,9-10H,2,7-8,11,22H2,1H3,(H,23,24);1H. The van der Waals surface area contributed by atoms with Crippen LogP contribution in [0.3, 0.4) is 0 Å². The molecule has 1 saturated carbocycles. The molecule has 0 heterocycles. The molecular formula is C19H21Cl2FN2O2. The summed E-state index contributed by atoms with van der Waals surface area (Å²) < 4.78 is 18.4. The third kappa shape index (κ3) is 3.89. The number of amides is 1. The number of carbonyl (C=O) groups is 1. The van der Waals surface area contributed by atoms with Gasteiger partial charge >= 0.3 is 0 Å². The molecule has 3 rings (SSSR count). The second kappa shape index (κ2) is 8.14. The summed E-state index contributed by atoms with van der Waals surface area (Å²) in [5, 5.41) is 3.27. The van der Waals surface area contributed by atoms with Crippen molar-refractivity contribution in [3.8, 4) is 5.75 Å². The Balaban J connectivity index is 0.00000243. The molecule has 7 heteroatoms. The van der Waals surface area contributed by atoms with Crippen LogP contribution in [-0.2, 0) is 5.41 Å². The van der Waals surface area contributed by atoms with Crippen molar-refractivity contribution in [2.45, 2.75) is 24.7 Å². The maximum absolute atomic E-state index is 13.2. The van der Waals surface area contributed by atoms with E-state index in [0.29, 0.717) is 28.6 Å². The molecule has 0 aromatic heterocycles. The van der Waals surface area contributed by atoms with E-state index < -0.39 is 0 Å². The summed E-state index contributed by atoms with van der Waals surface area (Å²) in [4.78, 5) is 12.6. The van der Waals surface area contributed by atoms with Gasteiger partial charge in [0.15, 0.2) is 0 Å². The van der Waals surface area contributed by atoms with Gasteiger partial charge in [-0.15, -0.1) is 12.4 Å². The van der Waals surface area contributed by atoms with Crippen LogP contribution in [0.5, 0.6) is 5.75 Å². The van der Waals surface area contributed by atoms with E-state index in [1.807, 2.05) is 0 Å². The first kappa shape index (κ1) is 20.3. The van der Waals surface area contributed by atoms with Gasteiger partial charge in [-0.2, -0.15) is 0 Å². The first-order valence-corrected chi connectivity index (χ1v) is 8.50. The summed E-state index contributed by atoms with van der Waals surface area (Å²) in [5.74, 6) is -0.153. The molecule has 0 spiro atoms. The van der Waals surface area contributed by atoms with Gasteiger partial charge in [-0.05, 0) is 36.6 Å². The molecule has 4 nitrogen and oxygen atoms in total. The van der Waals surface area contributed by atoms with E-state index >= 15 is 0 Å². The highest BCUT2D eigenvalue weighted by atomic mass is 35.5. The normalized spacial score (nSPS) is 14.7. The van der Waals surface area contributed by atoms with Crippen molar-refractivity contribution in [1.29, 1.82) is 0 Å². The monoisotopic (exact) mass is 398 g/mol. The second-order valence-electron chi connectivity index (χ2n) is 6.40. The van der Waals surface area contributed by atoms with E-state index in [-0.39, 0.29) is 29.5 Å². The molecule has 0 unspecified atom stereocenters. The fraction of sp³-hybridized carbons (Fsp3) is 0.316. The van der Waals surface area contributed by atoms with Gasteiger partial charge in [0.05, 0.1) is 23.4 Å². The van der Waals surface area contributed by atoms with Crippen LogP contribution in [0.15, 0.2) is 36.4 Å². The molecule has 0 saturated heterocycles. The molecule has 0 atom stereocenters. The SMILES string of the molecule is COc1cc(N)c(Cl)cc1C(=O)NCC1(c2ccc(F)cc2)CCC1.Cl. The number of hydrogen-bond donors (Lipinski definition) is 2. The van der Waals surface area contributed by atoms with Gasteiger partial charge in [-0.25, -0.2) is 4.39 Å². The molecule has 2 aromatic rings. The first-order chi connectivity index (χ1) is 11.9. The minimum atomic E-state index is -0.271. The van der Waals surface area contributed by atoms with Crippen LogP contribution in [0.2, 0.25) is 5.02 Å². The number of ether oxygens (including phenoxy) is 1. The lowest BCUT2D eigenvalue weighted by Crippen LogP contribution is -2.45. The maximum Gasteiger partial charge on any atom is 0.255 e. The van der Waals surface area contributed by atoms with Crippen molar-refractivity contribution < 1.29 is 13.9 Å². The molecule has 2 aromatic carbocycles. The van der Waals surface area contributed by atoms with Gasteiger partial charge in [-0.1, -0.05) is 30.2 Å². The average Bonchev–Trinajstić information content (AvgIpc) is 2.57. The average molecular weight is 399 g/mol. The Bertz CT molecular complexity index is 793.